The maximum Gasteiger partial charge on any atom is 0.216 e. The minimum absolute atomic E-state index is 0.0359. The lowest BCUT2D eigenvalue weighted by Gasteiger charge is -2.13. The predicted molar refractivity (Wildman–Crippen MR) is 91.4 cm³/mol. The monoisotopic (exact) mass is 334 g/mol. The number of benzene rings is 1. The first-order valence-electron chi connectivity index (χ1n) is 7.46. The molecule has 0 saturated heterocycles. The van der Waals surface area contributed by atoms with Crippen molar-refractivity contribution in [3.63, 3.8) is 0 Å². The largest absolute Gasteiger partial charge is 0.366 e. The fourth-order valence-corrected chi connectivity index (χ4v) is 3.71. The van der Waals surface area contributed by atoms with Gasteiger partial charge in [0.25, 0.3) is 0 Å². The van der Waals surface area contributed by atoms with Crippen molar-refractivity contribution >= 4 is 15.8 Å². The molecular weight excluding hydrogens is 312 g/mol. The normalized spacial score (nSPS) is 11.7. The number of sulfonamides is 1. The van der Waals surface area contributed by atoms with Gasteiger partial charge < -0.3 is 5.32 Å². The summed E-state index contributed by atoms with van der Waals surface area (Å²) < 4.78 is 26.9. The van der Waals surface area contributed by atoms with Gasteiger partial charge in [-0.25, -0.2) is 23.1 Å². The van der Waals surface area contributed by atoms with Crippen LogP contribution in [0.25, 0.3) is 0 Å². The van der Waals surface area contributed by atoms with Crippen molar-refractivity contribution in [2.45, 2.75) is 39.1 Å². The summed E-state index contributed by atoms with van der Waals surface area (Å²) in [4.78, 5) is 8.33. The molecule has 0 atom stereocenters. The van der Waals surface area contributed by atoms with Crippen LogP contribution in [0.1, 0.15) is 30.8 Å². The number of aromatic nitrogens is 2. The first kappa shape index (κ1) is 17.4. The lowest BCUT2D eigenvalue weighted by molar-refractivity contribution is 0.569. The maximum absolute atomic E-state index is 12.1. The Labute approximate surface area is 137 Å². The molecule has 0 unspecified atom stereocenters. The number of hydrogen-bond acceptors (Lipinski definition) is 5. The third kappa shape index (κ3) is 5.61. The molecule has 23 heavy (non-hydrogen) atoms. The second-order valence-electron chi connectivity index (χ2n) is 5.64. The smallest absolute Gasteiger partial charge is 0.216 e. The van der Waals surface area contributed by atoms with Crippen LogP contribution in [-0.2, 0) is 22.3 Å². The van der Waals surface area contributed by atoms with Crippen molar-refractivity contribution in [2.24, 2.45) is 0 Å². The van der Waals surface area contributed by atoms with Crippen LogP contribution in [0.2, 0.25) is 0 Å². The van der Waals surface area contributed by atoms with Crippen molar-refractivity contribution in [2.75, 3.05) is 5.32 Å². The van der Waals surface area contributed by atoms with Gasteiger partial charge in [-0.05, 0) is 38.0 Å². The highest BCUT2D eigenvalue weighted by molar-refractivity contribution is 7.88. The second-order valence-corrected chi connectivity index (χ2v) is 7.40. The van der Waals surface area contributed by atoms with E-state index in [0.717, 1.165) is 16.9 Å². The molecule has 0 amide bonds. The Morgan fingerprint density at radius 3 is 2.48 bits per heavy atom. The molecule has 0 aliphatic rings. The lowest BCUT2D eigenvalue weighted by atomic mass is 10.1. The Kier molecular flexibility index (Phi) is 5.68. The van der Waals surface area contributed by atoms with Gasteiger partial charge in [0.15, 0.2) is 0 Å². The minimum Gasteiger partial charge on any atom is -0.366 e. The summed E-state index contributed by atoms with van der Waals surface area (Å²) >= 11 is 0. The lowest BCUT2D eigenvalue weighted by Crippen LogP contribution is -2.31. The molecule has 7 heteroatoms. The Balaban J connectivity index is 2.11. The molecule has 0 radical (unpaired) electrons. The molecule has 0 saturated carbocycles. The molecule has 1 heterocycles. The van der Waals surface area contributed by atoms with E-state index >= 15 is 0 Å². The molecule has 0 aliphatic heterocycles. The van der Waals surface area contributed by atoms with Crippen molar-refractivity contribution in [3.8, 4) is 0 Å². The SMILES string of the molecule is Cc1nccc(NCc2ccccc2CS(=O)(=O)NC(C)C)n1. The Bertz CT molecular complexity index is 760. The molecule has 2 aromatic rings. The van der Waals surface area contributed by atoms with Gasteiger partial charge in [-0.3, -0.25) is 0 Å². The van der Waals surface area contributed by atoms with Crippen molar-refractivity contribution in [1.82, 2.24) is 14.7 Å². The average Bonchev–Trinajstić information content (AvgIpc) is 2.44. The van der Waals surface area contributed by atoms with Gasteiger partial charge >= 0.3 is 0 Å². The van der Waals surface area contributed by atoms with Gasteiger partial charge in [-0.2, -0.15) is 0 Å². The van der Waals surface area contributed by atoms with Crippen LogP contribution in [0, 0.1) is 6.92 Å². The van der Waals surface area contributed by atoms with Crippen LogP contribution in [0.3, 0.4) is 0 Å². The number of anilines is 1. The zero-order valence-corrected chi connectivity index (χ0v) is 14.4. The summed E-state index contributed by atoms with van der Waals surface area (Å²) in [6, 6.07) is 9.16. The van der Waals surface area contributed by atoms with Crippen LogP contribution < -0.4 is 10.0 Å². The first-order valence-corrected chi connectivity index (χ1v) is 9.11. The van der Waals surface area contributed by atoms with Gasteiger partial charge in [-0.1, -0.05) is 24.3 Å². The van der Waals surface area contributed by atoms with Crippen molar-refractivity contribution in [1.29, 1.82) is 0 Å². The molecule has 2 N–H and O–H groups in total. The van der Waals surface area contributed by atoms with Gasteiger partial charge in [0, 0.05) is 18.8 Å². The van der Waals surface area contributed by atoms with Crippen LogP contribution >= 0.6 is 0 Å². The van der Waals surface area contributed by atoms with Gasteiger partial charge in [0.05, 0.1) is 5.75 Å². The molecule has 2 rings (SSSR count). The summed E-state index contributed by atoms with van der Waals surface area (Å²) in [6.07, 6.45) is 1.69. The van der Waals surface area contributed by atoms with Gasteiger partial charge in [0.2, 0.25) is 10.0 Å². The Hall–Kier alpha value is -1.99. The van der Waals surface area contributed by atoms with Crippen LogP contribution in [0.4, 0.5) is 5.82 Å². The molecule has 0 bridgehead atoms. The molecule has 6 nitrogen and oxygen atoms in total. The maximum atomic E-state index is 12.1. The van der Waals surface area contributed by atoms with Crippen LogP contribution in [0.5, 0.6) is 0 Å². The Morgan fingerprint density at radius 2 is 1.83 bits per heavy atom. The molecule has 0 aliphatic carbocycles. The molecular formula is C16H22N4O2S. The molecule has 1 aromatic heterocycles. The van der Waals surface area contributed by atoms with Crippen LogP contribution in [-0.4, -0.2) is 24.4 Å². The van der Waals surface area contributed by atoms with Crippen molar-refractivity contribution < 1.29 is 8.42 Å². The molecule has 0 spiro atoms. The van der Waals surface area contributed by atoms with E-state index < -0.39 is 10.0 Å². The summed E-state index contributed by atoms with van der Waals surface area (Å²) in [5, 5.41) is 3.20. The highest BCUT2D eigenvalue weighted by atomic mass is 32.2. The third-order valence-corrected chi connectivity index (χ3v) is 4.64. The first-order chi connectivity index (χ1) is 10.9. The zero-order valence-electron chi connectivity index (χ0n) is 13.6. The van der Waals surface area contributed by atoms with Gasteiger partial charge in [0.1, 0.15) is 11.6 Å². The second kappa shape index (κ2) is 7.52. The van der Waals surface area contributed by atoms with E-state index in [0.29, 0.717) is 12.4 Å². The summed E-state index contributed by atoms with van der Waals surface area (Å²) in [6.45, 7) is 5.94. The number of nitrogens with zero attached hydrogens (tertiary/aromatic N) is 2. The minimum atomic E-state index is -3.35. The highest BCUT2D eigenvalue weighted by Crippen LogP contribution is 2.14. The summed E-state index contributed by atoms with van der Waals surface area (Å²) in [5.41, 5.74) is 1.71. The quantitative estimate of drug-likeness (QED) is 0.811. The number of rotatable bonds is 7. The number of hydrogen-bond donors (Lipinski definition) is 2. The number of nitrogens with one attached hydrogen (secondary N) is 2. The molecule has 124 valence electrons. The zero-order chi connectivity index (χ0) is 16.9. The van der Waals surface area contributed by atoms with E-state index in [9.17, 15) is 8.42 Å². The molecule has 0 fully saturated rings. The summed E-state index contributed by atoms with van der Waals surface area (Å²) in [7, 11) is -3.35. The standard InChI is InChI=1S/C16H22N4O2S/c1-12(2)20-23(21,22)11-15-7-5-4-6-14(15)10-18-16-8-9-17-13(3)19-16/h4-9,12,20H,10-11H2,1-3H3,(H,17,18,19). The van der Waals surface area contributed by atoms with E-state index in [1.165, 1.54) is 0 Å². The van der Waals surface area contributed by atoms with E-state index in [4.69, 9.17) is 0 Å². The van der Waals surface area contributed by atoms with Gasteiger partial charge in [-0.15, -0.1) is 0 Å². The fourth-order valence-electron chi connectivity index (χ4n) is 2.22. The predicted octanol–water partition coefficient (Wildman–Crippen LogP) is 2.22. The van der Waals surface area contributed by atoms with E-state index in [2.05, 4.69) is 20.0 Å². The molecule has 1 aromatic carbocycles. The van der Waals surface area contributed by atoms with E-state index in [1.807, 2.05) is 45.0 Å². The topological polar surface area (TPSA) is 84.0 Å². The summed E-state index contributed by atoms with van der Waals surface area (Å²) in [5.74, 6) is 1.37. The third-order valence-electron chi connectivity index (χ3n) is 3.12. The van der Waals surface area contributed by atoms with Crippen molar-refractivity contribution in [3.05, 3.63) is 53.5 Å². The highest BCUT2D eigenvalue weighted by Gasteiger charge is 2.15. The van der Waals surface area contributed by atoms with E-state index in [-0.39, 0.29) is 11.8 Å². The van der Waals surface area contributed by atoms with Crippen LogP contribution in [0.15, 0.2) is 36.5 Å². The van der Waals surface area contributed by atoms with E-state index in [1.54, 1.807) is 12.3 Å². The fraction of sp³-hybridized carbons (Fsp3) is 0.375. The Morgan fingerprint density at radius 1 is 1.13 bits per heavy atom. The number of aryl methyl sites for hydroxylation is 1. The average molecular weight is 334 g/mol.